The molecule has 1 amide bonds. The van der Waals surface area contributed by atoms with Crippen LogP contribution in [0.2, 0.25) is 10.0 Å². The van der Waals surface area contributed by atoms with Crippen LogP contribution in [0.4, 0.5) is 11.5 Å². The highest BCUT2D eigenvalue weighted by molar-refractivity contribution is 6.42. The van der Waals surface area contributed by atoms with Gasteiger partial charge in [0.05, 0.1) is 21.7 Å². The van der Waals surface area contributed by atoms with Crippen LogP contribution in [-0.2, 0) is 10.2 Å². The Morgan fingerprint density at radius 2 is 2.10 bits per heavy atom. The highest BCUT2D eigenvalue weighted by atomic mass is 35.5. The quantitative estimate of drug-likeness (QED) is 0.843. The lowest BCUT2D eigenvalue weighted by atomic mass is 9.81. The molecule has 2 N–H and O–H groups in total. The SMILES string of the molecule is O=C1Nc2cc(Cl)c(Cl)cc2[C@]12CCN(c1cn[nH]n1)C2. The van der Waals surface area contributed by atoms with Crippen LogP contribution in [0.25, 0.3) is 0 Å². The number of carbonyl (C=O) groups is 1. The van der Waals surface area contributed by atoms with E-state index >= 15 is 0 Å². The second kappa shape index (κ2) is 4.35. The molecular weight excluding hydrogens is 313 g/mol. The number of nitrogens with zero attached hydrogens (tertiary/aromatic N) is 3. The van der Waals surface area contributed by atoms with Crippen LogP contribution in [0.3, 0.4) is 0 Å². The number of carbonyl (C=O) groups excluding carboxylic acids is 1. The van der Waals surface area contributed by atoms with Gasteiger partial charge in [0.15, 0.2) is 5.82 Å². The van der Waals surface area contributed by atoms with Crippen LogP contribution in [0.1, 0.15) is 12.0 Å². The number of anilines is 2. The monoisotopic (exact) mass is 323 g/mol. The first kappa shape index (κ1) is 12.9. The van der Waals surface area contributed by atoms with Crippen molar-refractivity contribution >= 4 is 40.6 Å². The molecule has 2 aliphatic rings. The maximum absolute atomic E-state index is 12.5. The lowest BCUT2D eigenvalue weighted by Gasteiger charge is -2.22. The van der Waals surface area contributed by atoms with Crippen molar-refractivity contribution in [3.05, 3.63) is 33.9 Å². The van der Waals surface area contributed by atoms with Gasteiger partial charge < -0.3 is 10.2 Å². The Morgan fingerprint density at radius 3 is 2.86 bits per heavy atom. The molecule has 1 aromatic carbocycles. The van der Waals surface area contributed by atoms with Gasteiger partial charge >= 0.3 is 0 Å². The summed E-state index contributed by atoms with van der Waals surface area (Å²) in [7, 11) is 0. The Bertz CT molecular complexity index is 732. The van der Waals surface area contributed by atoms with Crippen molar-refractivity contribution in [2.75, 3.05) is 23.3 Å². The first-order valence-corrected chi connectivity index (χ1v) is 7.27. The normalized spacial score (nSPS) is 23.7. The second-order valence-corrected chi connectivity index (χ2v) is 6.16. The van der Waals surface area contributed by atoms with Crippen LogP contribution >= 0.6 is 23.2 Å². The summed E-state index contributed by atoms with van der Waals surface area (Å²) in [5.74, 6) is 0.731. The standard InChI is InChI=1S/C13H11Cl2N5O/c14-8-3-7-10(4-9(8)15)17-12(21)13(7)1-2-20(6-13)11-5-16-19-18-11/h3-5H,1-2,6H2,(H,17,21)(H,16,18,19)/t13-/m1/s1. The van der Waals surface area contributed by atoms with Gasteiger partial charge in [0, 0.05) is 18.8 Å². The van der Waals surface area contributed by atoms with Crippen molar-refractivity contribution < 1.29 is 4.79 Å². The van der Waals surface area contributed by atoms with Crippen LogP contribution < -0.4 is 10.2 Å². The Kier molecular flexibility index (Phi) is 2.68. The Morgan fingerprint density at radius 1 is 1.29 bits per heavy atom. The Hall–Kier alpha value is -1.79. The zero-order valence-corrected chi connectivity index (χ0v) is 12.4. The van der Waals surface area contributed by atoms with Gasteiger partial charge in [0.1, 0.15) is 0 Å². The van der Waals surface area contributed by atoms with E-state index in [1.54, 1.807) is 18.3 Å². The molecule has 21 heavy (non-hydrogen) atoms. The summed E-state index contributed by atoms with van der Waals surface area (Å²) in [5, 5.41) is 14.3. The van der Waals surface area contributed by atoms with Gasteiger partial charge in [-0.2, -0.15) is 10.3 Å². The van der Waals surface area contributed by atoms with Gasteiger partial charge in [-0.15, -0.1) is 5.10 Å². The maximum Gasteiger partial charge on any atom is 0.236 e. The molecule has 1 spiro atoms. The van der Waals surface area contributed by atoms with Gasteiger partial charge in [-0.05, 0) is 24.1 Å². The minimum Gasteiger partial charge on any atom is -0.352 e. The fraction of sp³-hybridized carbons (Fsp3) is 0.308. The second-order valence-electron chi connectivity index (χ2n) is 5.35. The number of benzene rings is 1. The number of hydrogen-bond donors (Lipinski definition) is 2. The number of rotatable bonds is 1. The van der Waals surface area contributed by atoms with E-state index in [1.165, 1.54) is 0 Å². The summed E-state index contributed by atoms with van der Waals surface area (Å²) in [4.78, 5) is 14.6. The predicted molar refractivity (Wildman–Crippen MR) is 80.0 cm³/mol. The van der Waals surface area contributed by atoms with E-state index in [9.17, 15) is 4.79 Å². The minimum atomic E-state index is -0.595. The molecule has 0 aliphatic carbocycles. The van der Waals surface area contributed by atoms with E-state index in [0.717, 1.165) is 23.6 Å². The molecule has 0 radical (unpaired) electrons. The molecule has 1 aromatic heterocycles. The largest absolute Gasteiger partial charge is 0.352 e. The van der Waals surface area contributed by atoms with Crippen LogP contribution in [0.15, 0.2) is 18.3 Å². The highest BCUT2D eigenvalue weighted by Crippen LogP contribution is 2.47. The first-order chi connectivity index (χ1) is 10.1. The summed E-state index contributed by atoms with van der Waals surface area (Å²) >= 11 is 12.2. The first-order valence-electron chi connectivity index (χ1n) is 6.52. The summed E-state index contributed by atoms with van der Waals surface area (Å²) in [5.41, 5.74) is 1.06. The third kappa shape index (κ3) is 1.76. The van der Waals surface area contributed by atoms with Gasteiger partial charge in [-0.1, -0.05) is 23.2 Å². The summed E-state index contributed by atoms with van der Waals surface area (Å²) in [6, 6.07) is 3.51. The van der Waals surface area contributed by atoms with Crippen molar-refractivity contribution in [3.63, 3.8) is 0 Å². The number of aromatic nitrogens is 3. The smallest absolute Gasteiger partial charge is 0.236 e. The average Bonchev–Trinajstić information content (AvgIpc) is 3.15. The number of amides is 1. The number of hydrogen-bond acceptors (Lipinski definition) is 4. The number of nitrogens with one attached hydrogen (secondary N) is 2. The Balaban J connectivity index is 1.77. The van der Waals surface area contributed by atoms with Crippen molar-refractivity contribution in [2.45, 2.75) is 11.8 Å². The van der Waals surface area contributed by atoms with Crippen LogP contribution in [0.5, 0.6) is 0 Å². The van der Waals surface area contributed by atoms with E-state index in [1.807, 2.05) is 4.90 Å². The lowest BCUT2D eigenvalue weighted by Crippen LogP contribution is -2.37. The molecule has 3 heterocycles. The van der Waals surface area contributed by atoms with E-state index in [0.29, 0.717) is 23.0 Å². The minimum absolute atomic E-state index is 0.0122. The molecule has 2 aromatic rings. The van der Waals surface area contributed by atoms with Crippen molar-refractivity contribution in [1.82, 2.24) is 15.4 Å². The van der Waals surface area contributed by atoms with E-state index < -0.39 is 5.41 Å². The predicted octanol–water partition coefficient (Wildman–Crippen LogP) is 2.21. The van der Waals surface area contributed by atoms with E-state index in [4.69, 9.17) is 23.2 Å². The maximum atomic E-state index is 12.5. The average molecular weight is 324 g/mol. The fourth-order valence-corrected chi connectivity index (χ4v) is 3.50. The molecule has 0 bridgehead atoms. The molecule has 4 rings (SSSR count). The van der Waals surface area contributed by atoms with Crippen molar-refractivity contribution in [1.29, 1.82) is 0 Å². The van der Waals surface area contributed by atoms with Gasteiger partial charge in [0.25, 0.3) is 0 Å². The van der Waals surface area contributed by atoms with E-state index in [2.05, 4.69) is 20.7 Å². The van der Waals surface area contributed by atoms with Crippen LogP contribution in [0, 0.1) is 0 Å². The number of H-pyrrole nitrogens is 1. The fourth-order valence-electron chi connectivity index (χ4n) is 3.17. The Labute approximate surface area is 130 Å². The molecule has 1 atom stereocenters. The molecule has 1 fully saturated rings. The zero-order chi connectivity index (χ0) is 14.6. The third-order valence-electron chi connectivity index (χ3n) is 4.25. The number of aromatic amines is 1. The molecule has 6 nitrogen and oxygen atoms in total. The third-order valence-corrected chi connectivity index (χ3v) is 4.98. The summed E-state index contributed by atoms with van der Waals surface area (Å²) < 4.78 is 0. The molecule has 1 saturated heterocycles. The zero-order valence-electron chi connectivity index (χ0n) is 10.9. The highest BCUT2D eigenvalue weighted by Gasteiger charge is 2.51. The van der Waals surface area contributed by atoms with Gasteiger partial charge in [-0.3, -0.25) is 4.79 Å². The lowest BCUT2D eigenvalue weighted by molar-refractivity contribution is -0.120. The molecule has 2 aliphatic heterocycles. The molecule has 8 heteroatoms. The summed E-state index contributed by atoms with van der Waals surface area (Å²) in [6.45, 7) is 1.29. The van der Waals surface area contributed by atoms with Crippen molar-refractivity contribution in [2.24, 2.45) is 0 Å². The molecule has 0 unspecified atom stereocenters. The van der Waals surface area contributed by atoms with E-state index in [-0.39, 0.29) is 5.91 Å². The topological polar surface area (TPSA) is 73.9 Å². The van der Waals surface area contributed by atoms with Crippen LogP contribution in [-0.4, -0.2) is 34.4 Å². The van der Waals surface area contributed by atoms with Gasteiger partial charge in [-0.25, -0.2) is 0 Å². The van der Waals surface area contributed by atoms with Crippen molar-refractivity contribution in [3.8, 4) is 0 Å². The molecule has 108 valence electrons. The molecular formula is C13H11Cl2N5O. The summed E-state index contributed by atoms with van der Waals surface area (Å²) in [6.07, 6.45) is 2.36. The number of halogens is 2. The molecule has 0 saturated carbocycles. The van der Waals surface area contributed by atoms with Gasteiger partial charge in [0.2, 0.25) is 5.91 Å². The number of fused-ring (bicyclic) bond motifs is 2.